The van der Waals surface area contributed by atoms with Gasteiger partial charge in [-0.05, 0) is 56.6 Å². The zero-order valence-electron chi connectivity index (χ0n) is 16.3. The summed E-state index contributed by atoms with van der Waals surface area (Å²) in [4.78, 5) is 14.9. The largest absolute Gasteiger partial charge is 0.381 e. The first-order valence-corrected chi connectivity index (χ1v) is 10.0. The van der Waals surface area contributed by atoms with Crippen LogP contribution in [-0.4, -0.2) is 64.6 Å². The Morgan fingerprint density at radius 3 is 2.71 bits per heavy atom. The number of nitrogens with one attached hydrogen (secondary N) is 2. The van der Waals surface area contributed by atoms with Crippen molar-refractivity contribution in [3.05, 3.63) is 30.6 Å². The Labute approximate surface area is 165 Å². The third-order valence-corrected chi connectivity index (χ3v) is 5.70. The Hall–Kier alpha value is -2.45. The van der Waals surface area contributed by atoms with Gasteiger partial charge in [0.2, 0.25) is 0 Å². The van der Waals surface area contributed by atoms with Crippen LogP contribution in [0.15, 0.2) is 30.6 Å². The number of hydrogen-bond donors (Lipinski definition) is 2. The molecule has 2 aliphatic rings. The number of carbonyl (C=O) groups is 1. The number of amides is 2. The molecule has 2 N–H and O–H groups in total. The molecule has 0 aliphatic carbocycles. The molecule has 2 saturated heterocycles. The molecule has 8 nitrogen and oxygen atoms in total. The van der Waals surface area contributed by atoms with Crippen molar-refractivity contribution in [2.75, 3.05) is 38.2 Å². The SMILES string of the molecule is Cn1cnnc1-c1ccc(NC(=O)NCC(C2CCOC2)N2CCCC2)cc1. The van der Waals surface area contributed by atoms with Crippen molar-refractivity contribution >= 4 is 11.7 Å². The highest BCUT2D eigenvalue weighted by Crippen LogP contribution is 2.24. The second kappa shape index (κ2) is 8.70. The lowest BCUT2D eigenvalue weighted by atomic mass is 9.97. The highest BCUT2D eigenvalue weighted by Gasteiger charge is 2.32. The van der Waals surface area contributed by atoms with Crippen molar-refractivity contribution < 1.29 is 9.53 Å². The van der Waals surface area contributed by atoms with Gasteiger partial charge in [-0.3, -0.25) is 4.90 Å². The van der Waals surface area contributed by atoms with Crippen molar-refractivity contribution in [1.29, 1.82) is 0 Å². The Morgan fingerprint density at radius 2 is 2.07 bits per heavy atom. The lowest BCUT2D eigenvalue weighted by Crippen LogP contribution is -2.48. The maximum absolute atomic E-state index is 12.4. The summed E-state index contributed by atoms with van der Waals surface area (Å²) in [6.07, 6.45) is 5.23. The van der Waals surface area contributed by atoms with E-state index < -0.39 is 0 Å². The highest BCUT2D eigenvalue weighted by molar-refractivity contribution is 5.89. The maximum Gasteiger partial charge on any atom is 0.319 e. The zero-order valence-corrected chi connectivity index (χ0v) is 16.3. The standard InChI is InChI=1S/C20H28N6O2/c1-25-14-22-24-19(25)15-4-6-17(7-5-15)23-20(27)21-12-18(16-8-11-28-13-16)26-9-2-3-10-26/h4-7,14,16,18H,2-3,8-13H2,1H3,(H2,21,23,27). The smallest absolute Gasteiger partial charge is 0.319 e. The van der Waals surface area contributed by atoms with Gasteiger partial charge >= 0.3 is 6.03 Å². The monoisotopic (exact) mass is 384 g/mol. The first-order chi connectivity index (χ1) is 13.7. The summed E-state index contributed by atoms with van der Waals surface area (Å²) in [6.45, 7) is 4.52. The van der Waals surface area contributed by atoms with Crippen LogP contribution in [0.2, 0.25) is 0 Å². The fourth-order valence-electron chi connectivity index (χ4n) is 4.14. The molecular formula is C20H28N6O2. The molecule has 0 radical (unpaired) electrons. The maximum atomic E-state index is 12.4. The van der Waals surface area contributed by atoms with Crippen LogP contribution in [0.1, 0.15) is 19.3 Å². The van der Waals surface area contributed by atoms with E-state index >= 15 is 0 Å². The number of urea groups is 1. The van der Waals surface area contributed by atoms with Crippen molar-refractivity contribution in [2.24, 2.45) is 13.0 Å². The second-order valence-electron chi connectivity index (χ2n) is 7.61. The third-order valence-electron chi connectivity index (χ3n) is 5.70. The van der Waals surface area contributed by atoms with Gasteiger partial charge in [0.15, 0.2) is 5.82 Å². The van der Waals surface area contributed by atoms with Gasteiger partial charge in [-0.25, -0.2) is 4.79 Å². The van der Waals surface area contributed by atoms with Crippen molar-refractivity contribution in [3.8, 4) is 11.4 Å². The van der Waals surface area contributed by atoms with E-state index in [2.05, 4.69) is 25.7 Å². The molecule has 0 saturated carbocycles. The number of rotatable bonds is 6. The van der Waals surface area contributed by atoms with Crippen LogP contribution in [0.3, 0.4) is 0 Å². The van der Waals surface area contributed by atoms with E-state index in [4.69, 9.17) is 4.74 Å². The Bertz CT molecular complexity index is 762. The van der Waals surface area contributed by atoms with Gasteiger partial charge in [-0.1, -0.05) is 0 Å². The Balaban J connectivity index is 1.32. The van der Waals surface area contributed by atoms with Crippen LogP contribution in [0.4, 0.5) is 10.5 Å². The number of carbonyl (C=O) groups excluding carboxylic acids is 1. The molecule has 2 unspecified atom stereocenters. The van der Waals surface area contributed by atoms with E-state index in [0.29, 0.717) is 18.5 Å². The lowest BCUT2D eigenvalue weighted by molar-refractivity contribution is 0.135. The first-order valence-electron chi connectivity index (χ1n) is 10.0. The number of aryl methyl sites for hydroxylation is 1. The molecule has 4 rings (SSSR count). The van der Waals surface area contributed by atoms with Crippen LogP contribution in [0.25, 0.3) is 11.4 Å². The number of likely N-dealkylation sites (tertiary alicyclic amines) is 1. The summed E-state index contributed by atoms with van der Waals surface area (Å²) in [5.74, 6) is 1.30. The van der Waals surface area contributed by atoms with E-state index in [9.17, 15) is 4.79 Å². The lowest BCUT2D eigenvalue weighted by Gasteiger charge is -2.31. The fraction of sp³-hybridized carbons (Fsp3) is 0.550. The molecule has 0 bridgehead atoms. The van der Waals surface area contributed by atoms with Gasteiger partial charge in [0, 0.05) is 43.4 Å². The van der Waals surface area contributed by atoms with Crippen molar-refractivity contribution in [1.82, 2.24) is 25.0 Å². The summed E-state index contributed by atoms with van der Waals surface area (Å²) < 4.78 is 7.45. The molecule has 150 valence electrons. The molecule has 2 amide bonds. The molecule has 2 atom stereocenters. The van der Waals surface area contributed by atoms with E-state index in [1.165, 1.54) is 12.8 Å². The summed E-state index contributed by atoms with van der Waals surface area (Å²) in [5.41, 5.74) is 1.71. The average molecular weight is 384 g/mol. The fourth-order valence-corrected chi connectivity index (χ4v) is 4.14. The third kappa shape index (κ3) is 4.34. The number of benzene rings is 1. The molecule has 1 aromatic carbocycles. The summed E-state index contributed by atoms with van der Waals surface area (Å²) >= 11 is 0. The predicted octanol–water partition coefficient (Wildman–Crippen LogP) is 2.10. The van der Waals surface area contributed by atoms with Gasteiger partial charge in [0.25, 0.3) is 0 Å². The summed E-state index contributed by atoms with van der Waals surface area (Å²) in [5, 5.41) is 14.0. The van der Waals surface area contributed by atoms with Crippen LogP contribution in [-0.2, 0) is 11.8 Å². The number of anilines is 1. The number of hydrogen-bond acceptors (Lipinski definition) is 5. The van der Waals surface area contributed by atoms with E-state index in [1.807, 2.05) is 35.9 Å². The predicted molar refractivity (Wildman–Crippen MR) is 107 cm³/mol. The molecule has 2 aromatic rings. The van der Waals surface area contributed by atoms with Crippen LogP contribution < -0.4 is 10.6 Å². The number of nitrogens with zero attached hydrogens (tertiary/aromatic N) is 4. The van der Waals surface area contributed by atoms with Gasteiger partial charge in [0.1, 0.15) is 6.33 Å². The van der Waals surface area contributed by atoms with Crippen LogP contribution in [0.5, 0.6) is 0 Å². The minimum atomic E-state index is -0.172. The molecule has 2 aliphatic heterocycles. The van der Waals surface area contributed by atoms with Crippen LogP contribution in [0, 0.1) is 5.92 Å². The molecule has 3 heterocycles. The first kappa shape index (κ1) is 18.9. The number of aromatic nitrogens is 3. The number of ether oxygens (including phenoxy) is 1. The van der Waals surface area contributed by atoms with Crippen LogP contribution >= 0.6 is 0 Å². The topological polar surface area (TPSA) is 84.3 Å². The van der Waals surface area contributed by atoms with E-state index in [1.54, 1.807) is 6.33 Å². The van der Waals surface area contributed by atoms with Gasteiger partial charge < -0.3 is 19.9 Å². The Kier molecular flexibility index (Phi) is 5.87. The molecule has 0 spiro atoms. The molecule has 28 heavy (non-hydrogen) atoms. The highest BCUT2D eigenvalue weighted by atomic mass is 16.5. The van der Waals surface area contributed by atoms with Gasteiger partial charge in [0.05, 0.1) is 6.61 Å². The van der Waals surface area contributed by atoms with E-state index in [-0.39, 0.29) is 6.03 Å². The normalized spacial score (nSPS) is 21.0. The quantitative estimate of drug-likeness (QED) is 0.797. The summed E-state index contributed by atoms with van der Waals surface area (Å²) in [7, 11) is 1.90. The minimum absolute atomic E-state index is 0.172. The van der Waals surface area contributed by atoms with Crippen molar-refractivity contribution in [2.45, 2.75) is 25.3 Å². The zero-order chi connectivity index (χ0) is 19.3. The van der Waals surface area contributed by atoms with Crippen molar-refractivity contribution in [3.63, 3.8) is 0 Å². The molecular weight excluding hydrogens is 356 g/mol. The van der Waals surface area contributed by atoms with Gasteiger partial charge in [-0.15, -0.1) is 10.2 Å². The molecule has 2 fully saturated rings. The molecule has 8 heteroatoms. The molecule has 1 aromatic heterocycles. The van der Waals surface area contributed by atoms with E-state index in [0.717, 1.165) is 49.8 Å². The average Bonchev–Trinajstić information content (AvgIpc) is 3.46. The minimum Gasteiger partial charge on any atom is -0.381 e. The van der Waals surface area contributed by atoms with Gasteiger partial charge in [-0.2, -0.15) is 0 Å². The Morgan fingerprint density at radius 1 is 1.29 bits per heavy atom. The summed E-state index contributed by atoms with van der Waals surface area (Å²) in [6, 6.07) is 7.81. The second-order valence-corrected chi connectivity index (χ2v) is 7.61.